The normalized spacial score (nSPS) is 10.8. The van der Waals surface area contributed by atoms with Crippen LogP contribution in [0.3, 0.4) is 0 Å². The quantitative estimate of drug-likeness (QED) is 0.709. The number of rotatable bonds is 3. The van der Waals surface area contributed by atoms with Crippen molar-refractivity contribution in [2.45, 2.75) is 6.54 Å². The molecule has 7 nitrogen and oxygen atoms in total. The standard InChI is InChI=1S/C14H11BrN4O3/c1-22-9-4-2-8(3-5-9)7-19-12-11(16-6-10(15)17-12)18-13(20)14(19)21/h2-6H,7H2,1H3,(H,16,18,20). The molecular formula is C14H11BrN4O3. The number of nitrogens with zero attached hydrogens (tertiary/aromatic N) is 3. The lowest BCUT2D eigenvalue weighted by Crippen LogP contribution is -2.37. The highest BCUT2D eigenvalue weighted by Gasteiger charge is 2.11. The minimum Gasteiger partial charge on any atom is -0.497 e. The van der Waals surface area contributed by atoms with Crippen molar-refractivity contribution < 1.29 is 4.74 Å². The maximum atomic E-state index is 12.1. The van der Waals surface area contributed by atoms with Crippen LogP contribution < -0.4 is 15.9 Å². The summed E-state index contributed by atoms with van der Waals surface area (Å²) in [4.78, 5) is 34.6. The molecular weight excluding hydrogens is 352 g/mol. The highest BCUT2D eigenvalue weighted by molar-refractivity contribution is 9.10. The van der Waals surface area contributed by atoms with Crippen molar-refractivity contribution in [3.63, 3.8) is 0 Å². The third-order valence-electron chi connectivity index (χ3n) is 3.15. The fourth-order valence-electron chi connectivity index (χ4n) is 2.07. The molecule has 8 heteroatoms. The molecule has 0 aliphatic rings. The SMILES string of the molecule is COc1ccc(Cn2c(=O)c(=O)[nH]c3ncc(Br)nc32)cc1. The predicted octanol–water partition coefficient (Wildman–Crippen LogP) is 1.30. The Morgan fingerprint density at radius 2 is 2.00 bits per heavy atom. The van der Waals surface area contributed by atoms with Gasteiger partial charge in [0.2, 0.25) is 0 Å². The summed E-state index contributed by atoms with van der Waals surface area (Å²) in [6.07, 6.45) is 1.46. The van der Waals surface area contributed by atoms with E-state index in [9.17, 15) is 9.59 Å². The van der Waals surface area contributed by atoms with Gasteiger partial charge in [-0.3, -0.25) is 19.1 Å². The van der Waals surface area contributed by atoms with E-state index in [2.05, 4.69) is 30.9 Å². The number of aromatic amines is 1. The van der Waals surface area contributed by atoms with Crippen LogP contribution >= 0.6 is 15.9 Å². The first-order valence-corrected chi connectivity index (χ1v) is 7.16. The van der Waals surface area contributed by atoms with Crippen molar-refractivity contribution in [3.8, 4) is 5.75 Å². The minimum atomic E-state index is -0.724. The molecule has 3 aromatic rings. The number of hydrogen-bond acceptors (Lipinski definition) is 5. The van der Waals surface area contributed by atoms with Gasteiger partial charge >= 0.3 is 11.1 Å². The van der Waals surface area contributed by atoms with Crippen molar-refractivity contribution in [1.82, 2.24) is 19.5 Å². The summed E-state index contributed by atoms with van der Waals surface area (Å²) in [5, 5.41) is 0. The lowest BCUT2D eigenvalue weighted by atomic mass is 10.2. The summed E-state index contributed by atoms with van der Waals surface area (Å²) in [6.45, 7) is 0.217. The third-order valence-corrected chi connectivity index (χ3v) is 3.53. The van der Waals surface area contributed by atoms with Gasteiger partial charge in [0, 0.05) is 0 Å². The van der Waals surface area contributed by atoms with Crippen molar-refractivity contribution in [3.05, 3.63) is 61.3 Å². The average Bonchev–Trinajstić information content (AvgIpc) is 2.53. The Morgan fingerprint density at radius 3 is 2.68 bits per heavy atom. The number of aromatic nitrogens is 4. The van der Waals surface area contributed by atoms with Crippen LogP contribution in [-0.4, -0.2) is 26.6 Å². The van der Waals surface area contributed by atoms with Gasteiger partial charge in [0.15, 0.2) is 11.3 Å². The topological polar surface area (TPSA) is 89.9 Å². The number of halogens is 1. The molecule has 0 bridgehead atoms. The van der Waals surface area contributed by atoms with Crippen LogP contribution in [0.1, 0.15) is 5.56 Å². The highest BCUT2D eigenvalue weighted by Crippen LogP contribution is 2.14. The summed E-state index contributed by atoms with van der Waals surface area (Å²) >= 11 is 3.22. The first-order valence-electron chi connectivity index (χ1n) is 6.37. The number of fused-ring (bicyclic) bond motifs is 1. The molecule has 0 aliphatic heterocycles. The minimum absolute atomic E-state index is 0.217. The van der Waals surface area contributed by atoms with E-state index in [0.717, 1.165) is 11.3 Å². The lowest BCUT2D eigenvalue weighted by molar-refractivity contribution is 0.414. The molecule has 2 heterocycles. The molecule has 3 rings (SSSR count). The summed E-state index contributed by atoms with van der Waals surface area (Å²) < 4.78 is 6.88. The van der Waals surface area contributed by atoms with E-state index in [1.54, 1.807) is 19.2 Å². The maximum absolute atomic E-state index is 12.1. The molecule has 0 amide bonds. The van der Waals surface area contributed by atoms with Crippen molar-refractivity contribution in [2.24, 2.45) is 0 Å². The van der Waals surface area contributed by atoms with Gasteiger partial charge in [-0.05, 0) is 33.6 Å². The van der Waals surface area contributed by atoms with Gasteiger partial charge in [-0.15, -0.1) is 0 Å². The molecule has 0 fully saturated rings. The molecule has 0 spiro atoms. The second kappa shape index (κ2) is 5.72. The number of ether oxygens (including phenoxy) is 1. The fourth-order valence-corrected chi connectivity index (χ4v) is 2.35. The van der Waals surface area contributed by atoms with Crippen LogP contribution in [0.2, 0.25) is 0 Å². The number of nitrogens with one attached hydrogen (secondary N) is 1. The van der Waals surface area contributed by atoms with Crippen molar-refractivity contribution >= 4 is 27.2 Å². The predicted molar refractivity (Wildman–Crippen MR) is 84.2 cm³/mol. The van der Waals surface area contributed by atoms with Crippen LogP contribution in [0.5, 0.6) is 5.75 Å². The zero-order chi connectivity index (χ0) is 15.7. The van der Waals surface area contributed by atoms with E-state index >= 15 is 0 Å². The van der Waals surface area contributed by atoms with E-state index in [1.165, 1.54) is 10.8 Å². The number of hydrogen-bond donors (Lipinski definition) is 1. The van der Waals surface area contributed by atoms with E-state index in [-0.39, 0.29) is 12.2 Å². The van der Waals surface area contributed by atoms with Crippen LogP contribution in [0.25, 0.3) is 11.3 Å². The van der Waals surface area contributed by atoms with Gasteiger partial charge in [-0.1, -0.05) is 12.1 Å². The van der Waals surface area contributed by atoms with Gasteiger partial charge < -0.3 is 4.74 Å². The van der Waals surface area contributed by atoms with E-state index < -0.39 is 11.1 Å². The van der Waals surface area contributed by atoms with E-state index in [0.29, 0.717) is 10.3 Å². The summed E-state index contributed by atoms with van der Waals surface area (Å²) in [5.74, 6) is 0.717. The summed E-state index contributed by atoms with van der Waals surface area (Å²) in [7, 11) is 1.58. The third kappa shape index (κ3) is 2.64. The molecule has 1 aromatic carbocycles. The van der Waals surface area contributed by atoms with Crippen LogP contribution in [0.4, 0.5) is 0 Å². The Kier molecular flexibility index (Phi) is 3.76. The zero-order valence-corrected chi connectivity index (χ0v) is 13.1. The first-order chi connectivity index (χ1) is 10.6. The van der Waals surface area contributed by atoms with Gasteiger partial charge in [0.05, 0.1) is 19.9 Å². The largest absolute Gasteiger partial charge is 0.497 e. The van der Waals surface area contributed by atoms with Gasteiger partial charge in [-0.25, -0.2) is 9.97 Å². The number of H-pyrrole nitrogens is 1. The van der Waals surface area contributed by atoms with Crippen LogP contribution in [0, 0.1) is 0 Å². The maximum Gasteiger partial charge on any atom is 0.318 e. The molecule has 0 radical (unpaired) electrons. The summed E-state index contributed by atoms with van der Waals surface area (Å²) in [6, 6.07) is 7.22. The van der Waals surface area contributed by atoms with Crippen LogP contribution in [-0.2, 0) is 6.54 Å². The number of benzene rings is 1. The smallest absolute Gasteiger partial charge is 0.318 e. The fraction of sp³-hybridized carbons (Fsp3) is 0.143. The molecule has 0 aliphatic carbocycles. The molecule has 0 saturated heterocycles. The lowest BCUT2D eigenvalue weighted by Gasteiger charge is -2.09. The van der Waals surface area contributed by atoms with E-state index in [4.69, 9.17) is 4.74 Å². The molecule has 0 unspecified atom stereocenters. The highest BCUT2D eigenvalue weighted by atomic mass is 79.9. The molecule has 1 N–H and O–H groups in total. The molecule has 22 heavy (non-hydrogen) atoms. The second-order valence-electron chi connectivity index (χ2n) is 4.56. The Morgan fingerprint density at radius 1 is 1.27 bits per heavy atom. The Bertz CT molecular complexity index is 947. The molecule has 112 valence electrons. The average molecular weight is 363 g/mol. The monoisotopic (exact) mass is 362 g/mol. The zero-order valence-electron chi connectivity index (χ0n) is 11.5. The first kappa shape index (κ1) is 14.5. The molecule has 0 atom stereocenters. The summed E-state index contributed by atoms with van der Waals surface area (Å²) in [5.41, 5.74) is 0.0287. The molecule has 0 saturated carbocycles. The van der Waals surface area contributed by atoms with Gasteiger partial charge in [0.25, 0.3) is 0 Å². The Labute approximate surface area is 132 Å². The number of methoxy groups -OCH3 is 1. The van der Waals surface area contributed by atoms with E-state index in [1.807, 2.05) is 12.1 Å². The van der Waals surface area contributed by atoms with Crippen molar-refractivity contribution in [1.29, 1.82) is 0 Å². The van der Waals surface area contributed by atoms with Crippen molar-refractivity contribution in [2.75, 3.05) is 7.11 Å². The molecule has 2 aromatic heterocycles. The van der Waals surface area contributed by atoms with Gasteiger partial charge in [0.1, 0.15) is 10.4 Å². The Hall–Kier alpha value is -2.48. The van der Waals surface area contributed by atoms with Crippen LogP contribution in [0.15, 0.2) is 44.7 Å². The Balaban J connectivity index is 2.15. The second-order valence-corrected chi connectivity index (χ2v) is 5.37. The van der Waals surface area contributed by atoms with Gasteiger partial charge in [-0.2, -0.15) is 0 Å².